The zero-order valence-electron chi connectivity index (χ0n) is 21.4. The van der Waals surface area contributed by atoms with Crippen molar-refractivity contribution in [1.82, 2.24) is 10.6 Å². The molecule has 1 saturated heterocycles. The molecule has 2 fully saturated rings. The molecule has 0 bridgehead atoms. The lowest BCUT2D eigenvalue weighted by atomic mass is 9.90. The van der Waals surface area contributed by atoms with Gasteiger partial charge in [0.2, 0.25) is 10.0 Å². The van der Waals surface area contributed by atoms with E-state index in [-0.39, 0.29) is 6.04 Å². The van der Waals surface area contributed by atoms with Crippen molar-refractivity contribution in [2.75, 3.05) is 24.2 Å². The predicted molar refractivity (Wildman–Crippen MR) is 146 cm³/mol. The lowest BCUT2D eigenvalue weighted by Crippen LogP contribution is -2.56. The number of allylic oxidation sites excluding steroid dienone is 1. The molecule has 4 N–H and O–H groups in total. The Balaban J connectivity index is 1.62. The summed E-state index contributed by atoms with van der Waals surface area (Å²) in [4.78, 5) is 13.5. The third-order valence-electron chi connectivity index (χ3n) is 7.10. The Morgan fingerprint density at radius 1 is 1.19 bits per heavy atom. The van der Waals surface area contributed by atoms with Crippen LogP contribution >= 0.6 is 0 Å². The average molecular weight is 528 g/mol. The van der Waals surface area contributed by atoms with Crippen molar-refractivity contribution in [3.05, 3.63) is 71.3 Å². The molecule has 1 saturated carbocycles. The summed E-state index contributed by atoms with van der Waals surface area (Å²) in [6.45, 7) is 0.589. The molecule has 37 heavy (non-hydrogen) atoms. The van der Waals surface area contributed by atoms with Gasteiger partial charge in [-0.25, -0.2) is 8.42 Å². The van der Waals surface area contributed by atoms with Gasteiger partial charge in [-0.1, -0.05) is 42.5 Å². The Kier molecular flexibility index (Phi) is 8.69. The molecule has 1 aliphatic carbocycles. The normalized spacial score (nSPS) is 21.9. The largest absolute Gasteiger partial charge is 0.393 e. The van der Waals surface area contributed by atoms with E-state index in [0.717, 1.165) is 34.5 Å². The molecular formula is C28H37N3O5S. The maximum Gasteiger partial charge on any atom is 0.251 e. The van der Waals surface area contributed by atoms with Crippen molar-refractivity contribution in [3.63, 3.8) is 0 Å². The van der Waals surface area contributed by atoms with Crippen LogP contribution in [0, 0.1) is 5.92 Å². The molecule has 200 valence electrons. The van der Waals surface area contributed by atoms with Gasteiger partial charge in [-0.3, -0.25) is 9.10 Å². The third-order valence-corrected chi connectivity index (χ3v) is 8.30. The number of rotatable bonds is 10. The summed E-state index contributed by atoms with van der Waals surface area (Å²) in [6, 6.07) is 13.7. The number of aliphatic hydroxyl groups is 2. The van der Waals surface area contributed by atoms with Gasteiger partial charge in [0.25, 0.3) is 5.91 Å². The highest BCUT2D eigenvalue weighted by Gasteiger charge is 2.33. The van der Waals surface area contributed by atoms with Crippen LogP contribution in [-0.2, 0) is 16.4 Å². The lowest BCUT2D eigenvalue weighted by molar-refractivity contribution is 0.0339. The number of benzene rings is 2. The van der Waals surface area contributed by atoms with Crippen LogP contribution in [0.25, 0.3) is 6.08 Å². The van der Waals surface area contributed by atoms with E-state index in [1.54, 1.807) is 18.2 Å². The van der Waals surface area contributed by atoms with E-state index < -0.39 is 34.2 Å². The number of carbonyl (C=O) groups excluding carboxylic acids is 1. The van der Waals surface area contributed by atoms with E-state index in [4.69, 9.17) is 0 Å². The minimum absolute atomic E-state index is 0.311. The molecule has 1 heterocycles. The first-order valence-corrected chi connectivity index (χ1v) is 14.7. The van der Waals surface area contributed by atoms with E-state index in [2.05, 4.69) is 16.7 Å². The van der Waals surface area contributed by atoms with Crippen LogP contribution in [0.4, 0.5) is 5.69 Å². The molecule has 0 spiro atoms. The number of hydrogen-bond acceptors (Lipinski definition) is 6. The summed E-state index contributed by atoms with van der Waals surface area (Å²) in [5.74, 6) is 0.124. The fourth-order valence-corrected chi connectivity index (χ4v) is 5.11. The van der Waals surface area contributed by atoms with Gasteiger partial charge in [-0.15, -0.1) is 0 Å². The SMILES string of the molecule is CN(c1cc(C=CC2CC2)cc(C(=O)NC(Cc2ccccc2)C(O)C2CC(O)CCN2)c1)S(C)(=O)=O. The molecular weight excluding hydrogens is 490 g/mol. The highest BCUT2D eigenvalue weighted by atomic mass is 32.2. The maximum atomic E-state index is 13.5. The Hall–Kier alpha value is -2.72. The molecule has 2 aromatic carbocycles. The predicted octanol–water partition coefficient (Wildman–Crippen LogP) is 2.32. The summed E-state index contributed by atoms with van der Waals surface area (Å²) in [5, 5.41) is 27.7. The van der Waals surface area contributed by atoms with E-state index in [9.17, 15) is 23.4 Å². The van der Waals surface area contributed by atoms with E-state index in [1.165, 1.54) is 7.05 Å². The number of aliphatic hydroxyl groups excluding tert-OH is 2. The van der Waals surface area contributed by atoms with Gasteiger partial charge in [0.05, 0.1) is 30.2 Å². The Morgan fingerprint density at radius 3 is 2.57 bits per heavy atom. The molecule has 4 rings (SSSR count). The van der Waals surface area contributed by atoms with Crippen molar-refractivity contribution in [3.8, 4) is 0 Å². The van der Waals surface area contributed by atoms with Gasteiger partial charge in [0, 0.05) is 18.7 Å². The fourth-order valence-electron chi connectivity index (χ4n) is 4.62. The summed E-state index contributed by atoms with van der Waals surface area (Å²) >= 11 is 0. The number of anilines is 1. The topological polar surface area (TPSA) is 119 Å². The third kappa shape index (κ3) is 7.64. The first-order valence-electron chi connectivity index (χ1n) is 12.8. The quantitative estimate of drug-likeness (QED) is 0.377. The van der Waals surface area contributed by atoms with Crippen molar-refractivity contribution < 1.29 is 23.4 Å². The minimum Gasteiger partial charge on any atom is -0.393 e. The molecule has 4 unspecified atom stereocenters. The van der Waals surface area contributed by atoms with Crippen molar-refractivity contribution in [1.29, 1.82) is 0 Å². The van der Waals surface area contributed by atoms with Crippen LogP contribution in [0.1, 0.15) is 47.2 Å². The lowest BCUT2D eigenvalue weighted by Gasteiger charge is -2.35. The van der Waals surface area contributed by atoms with Crippen LogP contribution in [0.5, 0.6) is 0 Å². The van der Waals surface area contributed by atoms with Crippen LogP contribution in [0.3, 0.4) is 0 Å². The summed E-state index contributed by atoms with van der Waals surface area (Å²) in [7, 11) is -2.06. The molecule has 0 aromatic heterocycles. The average Bonchev–Trinajstić information content (AvgIpc) is 3.70. The molecule has 4 atom stereocenters. The van der Waals surface area contributed by atoms with Crippen LogP contribution < -0.4 is 14.9 Å². The summed E-state index contributed by atoms with van der Waals surface area (Å²) in [5.41, 5.74) is 2.40. The van der Waals surface area contributed by atoms with E-state index >= 15 is 0 Å². The second kappa shape index (κ2) is 11.8. The fraction of sp³-hybridized carbons (Fsp3) is 0.464. The maximum absolute atomic E-state index is 13.5. The number of nitrogens with zero attached hydrogens (tertiary/aromatic N) is 1. The van der Waals surface area contributed by atoms with Gasteiger partial charge < -0.3 is 20.8 Å². The van der Waals surface area contributed by atoms with Crippen LogP contribution in [0.15, 0.2) is 54.6 Å². The van der Waals surface area contributed by atoms with Gasteiger partial charge in [-0.05, 0) is 73.9 Å². The van der Waals surface area contributed by atoms with Crippen molar-refractivity contribution >= 4 is 27.7 Å². The first-order chi connectivity index (χ1) is 17.6. The van der Waals surface area contributed by atoms with E-state index in [1.807, 2.05) is 36.4 Å². The van der Waals surface area contributed by atoms with Gasteiger partial charge in [0.15, 0.2) is 0 Å². The Labute approximate surface area is 219 Å². The molecule has 8 nitrogen and oxygen atoms in total. The number of piperidine rings is 1. The molecule has 1 aliphatic heterocycles. The molecule has 1 amide bonds. The minimum atomic E-state index is -3.53. The smallest absolute Gasteiger partial charge is 0.251 e. The van der Waals surface area contributed by atoms with Crippen molar-refractivity contribution in [2.45, 2.75) is 56.4 Å². The first kappa shape index (κ1) is 27.3. The van der Waals surface area contributed by atoms with Gasteiger partial charge in [-0.2, -0.15) is 0 Å². The highest BCUT2D eigenvalue weighted by molar-refractivity contribution is 7.92. The van der Waals surface area contributed by atoms with Crippen LogP contribution in [0.2, 0.25) is 0 Å². The second-order valence-corrected chi connectivity index (χ2v) is 12.3. The molecule has 9 heteroatoms. The zero-order chi connectivity index (χ0) is 26.6. The molecule has 0 radical (unpaired) electrons. The number of amides is 1. The summed E-state index contributed by atoms with van der Waals surface area (Å²) in [6.07, 6.45) is 7.39. The highest BCUT2D eigenvalue weighted by Crippen LogP contribution is 2.31. The molecule has 2 aliphatic rings. The number of carbonyl (C=O) groups is 1. The van der Waals surface area contributed by atoms with Gasteiger partial charge >= 0.3 is 0 Å². The van der Waals surface area contributed by atoms with Crippen molar-refractivity contribution in [2.24, 2.45) is 5.92 Å². The van der Waals surface area contributed by atoms with Crippen LogP contribution in [-0.4, -0.2) is 68.7 Å². The number of nitrogens with one attached hydrogen (secondary N) is 2. The Morgan fingerprint density at radius 2 is 1.92 bits per heavy atom. The Bertz CT molecular complexity index is 1210. The zero-order valence-corrected chi connectivity index (χ0v) is 22.2. The standard InChI is InChI=1S/C28H37N3O5S/c1-31(37(2,35)36)23-15-21(11-10-19-8-9-19)14-22(17-23)28(34)30-26(16-20-6-4-3-5-7-20)27(33)25-18-24(32)12-13-29-25/h3-7,10-11,14-15,17,19,24-27,29,32-33H,8-9,12-13,16,18H2,1-2H3,(H,30,34). The second-order valence-electron chi connectivity index (χ2n) is 10.2. The number of hydrogen-bond donors (Lipinski definition) is 4. The summed E-state index contributed by atoms with van der Waals surface area (Å²) < 4.78 is 25.6. The number of sulfonamides is 1. The van der Waals surface area contributed by atoms with Gasteiger partial charge in [0.1, 0.15) is 0 Å². The monoisotopic (exact) mass is 527 g/mol. The molecule has 2 aromatic rings. The van der Waals surface area contributed by atoms with E-state index in [0.29, 0.717) is 43.0 Å².